The molecule has 0 amide bonds. The molecule has 1 aliphatic carbocycles. The molecule has 1 aliphatic heterocycles. The highest BCUT2D eigenvalue weighted by atomic mass is 32.2. The van der Waals surface area contributed by atoms with Gasteiger partial charge in [0.25, 0.3) is 0 Å². The van der Waals surface area contributed by atoms with Gasteiger partial charge in [0.05, 0.1) is 6.26 Å². The molecule has 0 bridgehead atoms. The molecular formula is C13H26N2O2S. The number of hydrogen-bond acceptors (Lipinski definition) is 3. The van der Waals surface area contributed by atoms with E-state index in [4.69, 9.17) is 0 Å². The van der Waals surface area contributed by atoms with E-state index < -0.39 is 10.0 Å². The van der Waals surface area contributed by atoms with Gasteiger partial charge in [-0.25, -0.2) is 12.7 Å². The molecule has 106 valence electrons. The molecule has 0 aromatic carbocycles. The van der Waals surface area contributed by atoms with Crippen molar-refractivity contribution in [1.29, 1.82) is 0 Å². The van der Waals surface area contributed by atoms with Crippen molar-refractivity contribution in [1.82, 2.24) is 9.62 Å². The minimum Gasteiger partial charge on any atom is -0.316 e. The summed E-state index contributed by atoms with van der Waals surface area (Å²) in [7, 11) is -3.00. The molecule has 5 heteroatoms. The first-order chi connectivity index (χ1) is 8.47. The Hall–Kier alpha value is -0.130. The van der Waals surface area contributed by atoms with Crippen LogP contribution in [-0.4, -0.2) is 45.2 Å². The molecule has 1 saturated heterocycles. The molecular weight excluding hydrogens is 248 g/mol. The van der Waals surface area contributed by atoms with E-state index in [1.54, 1.807) is 4.31 Å². The van der Waals surface area contributed by atoms with Crippen molar-refractivity contribution < 1.29 is 8.42 Å². The third-order valence-corrected chi connectivity index (χ3v) is 5.55. The monoisotopic (exact) mass is 274 g/mol. The zero-order valence-electron chi connectivity index (χ0n) is 11.6. The summed E-state index contributed by atoms with van der Waals surface area (Å²) in [5.41, 5.74) is 0. The lowest BCUT2D eigenvalue weighted by atomic mass is 9.99. The third-order valence-electron chi connectivity index (χ3n) is 4.28. The van der Waals surface area contributed by atoms with Crippen LogP contribution in [0.15, 0.2) is 0 Å². The van der Waals surface area contributed by atoms with Crippen LogP contribution in [0.1, 0.15) is 32.6 Å². The van der Waals surface area contributed by atoms with Gasteiger partial charge in [0.15, 0.2) is 0 Å². The second-order valence-corrected chi connectivity index (χ2v) is 8.08. The highest BCUT2D eigenvalue weighted by Gasteiger charge is 2.28. The maximum Gasteiger partial charge on any atom is 0.211 e. The van der Waals surface area contributed by atoms with E-state index in [9.17, 15) is 8.42 Å². The van der Waals surface area contributed by atoms with Crippen LogP contribution in [0.5, 0.6) is 0 Å². The van der Waals surface area contributed by atoms with Crippen LogP contribution in [0.4, 0.5) is 0 Å². The van der Waals surface area contributed by atoms with Gasteiger partial charge in [-0.15, -0.1) is 0 Å². The summed E-state index contributed by atoms with van der Waals surface area (Å²) in [5, 5.41) is 3.53. The van der Waals surface area contributed by atoms with Gasteiger partial charge in [-0.1, -0.05) is 6.92 Å². The van der Waals surface area contributed by atoms with Crippen LogP contribution in [0.3, 0.4) is 0 Å². The summed E-state index contributed by atoms with van der Waals surface area (Å²) in [4.78, 5) is 0. The molecule has 2 aliphatic rings. The Morgan fingerprint density at radius 1 is 1.33 bits per heavy atom. The second kappa shape index (κ2) is 5.88. The van der Waals surface area contributed by atoms with E-state index in [-0.39, 0.29) is 0 Å². The largest absolute Gasteiger partial charge is 0.316 e. The number of piperidine rings is 1. The van der Waals surface area contributed by atoms with Crippen molar-refractivity contribution in [2.24, 2.45) is 17.8 Å². The van der Waals surface area contributed by atoms with Crippen molar-refractivity contribution in [3.8, 4) is 0 Å². The molecule has 1 heterocycles. The molecule has 0 aromatic rings. The fourth-order valence-electron chi connectivity index (χ4n) is 2.84. The van der Waals surface area contributed by atoms with Gasteiger partial charge >= 0.3 is 0 Å². The molecule has 4 nitrogen and oxygen atoms in total. The summed E-state index contributed by atoms with van der Waals surface area (Å²) in [6.45, 7) is 5.76. The summed E-state index contributed by atoms with van der Waals surface area (Å²) in [6.07, 6.45) is 6.26. The van der Waals surface area contributed by atoms with E-state index in [2.05, 4.69) is 12.2 Å². The van der Waals surface area contributed by atoms with Crippen molar-refractivity contribution in [3.63, 3.8) is 0 Å². The third kappa shape index (κ3) is 4.21. The normalized spacial score (nSPS) is 28.2. The first-order valence-electron chi connectivity index (χ1n) is 7.12. The molecule has 2 fully saturated rings. The molecule has 18 heavy (non-hydrogen) atoms. The molecule has 0 aromatic heterocycles. The zero-order valence-corrected chi connectivity index (χ0v) is 12.4. The van der Waals surface area contributed by atoms with Gasteiger partial charge in [-0.2, -0.15) is 0 Å². The Morgan fingerprint density at radius 3 is 2.67 bits per heavy atom. The fraction of sp³-hybridized carbons (Fsp3) is 1.00. The van der Waals surface area contributed by atoms with Gasteiger partial charge in [-0.3, -0.25) is 0 Å². The van der Waals surface area contributed by atoms with Crippen LogP contribution in [0.2, 0.25) is 0 Å². The molecule has 0 radical (unpaired) electrons. The second-order valence-electron chi connectivity index (χ2n) is 6.10. The van der Waals surface area contributed by atoms with Crippen LogP contribution in [0.25, 0.3) is 0 Å². The van der Waals surface area contributed by atoms with Crippen molar-refractivity contribution in [2.75, 3.05) is 32.4 Å². The lowest BCUT2D eigenvalue weighted by molar-refractivity contribution is 0.257. The van der Waals surface area contributed by atoms with Crippen LogP contribution in [-0.2, 0) is 10.0 Å². The summed E-state index contributed by atoms with van der Waals surface area (Å²) < 4.78 is 24.7. The number of rotatable bonds is 6. The lowest BCUT2D eigenvalue weighted by Crippen LogP contribution is -2.42. The van der Waals surface area contributed by atoms with Crippen LogP contribution < -0.4 is 5.32 Å². The smallest absolute Gasteiger partial charge is 0.211 e. The predicted molar refractivity (Wildman–Crippen MR) is 73.9 cm³/mol. The Kier molecular flexibility index (Phi) is 4.67. The van der Waals surface area contributed by atoms with E-state index in [1.807, 2.05) is 0 Å². The average Bonchev–Trinajstić information content (AvgIpc) is 3.12. The van der Waals surface area contributed by atoms with Gasteiger partial charge in [0, 0.05) is 13.1 Å². The highest BCUT2D eigenvalue weighted by Crippen LogP contribution is 2.36. The van der Waals surface area contributed by atoms with Crippen LogP contribution >= 0.6 is 0 Å². The van der Waals surface area contributed by atoms with Crippen molar-refractivity contribution in [3.05, 3.63) is 0 Å². The topological polar surface area (TPSA) is 49.4 Å². The number of sulfonamides is 1. The predicted octanol–water partition coefficient (Wildman–Crippen LogP) is 1.29. The molecule has 1 N–H and O–H groups in total. The number of nitrogens with one attached hydrogen (secondary N) is 1. The average molecular weight is 274 g/mol. The molecule has 2 atom stereocenters. The summed E-state index contributed by atoms with van der Waals surface area (Å²) in [6, 6.07) is 0. The maximum absolute atomic E-state index is 11.5. The number of hydrogen-bond donors (Lipinski definition) is 1. The first-order valence-corrected chi connectivity index (χ1v) is 8.97. The molecule has 0 spiro atoms. The molecule has 2 unspecified atom stereocenters. The zero-order chi connectivity index (χ0) is 13.2. The van der Waals surface area contributed by atoms with Gasteiger partial charge in [0.1, 0.15) is 0 Å². The van der Waals surface area contributed by atoms with Crippen LogP contribution in [0, 0.1) is 17.8 Å². The molecule has 2 rings (SSSR count). The molecule has 1 saturated carbocycles. The van der Waals surface area contributed by atoms with Gasteiger partial charge < -0.3 is 5.32 Å². The van der Waals surface area contributed by atoms with E-state index in [0.717, 1.165) is 37.8 Å². The van der Waals surface area contributed by atoms with E-state index in [1.165, 1.54) is 19.1 Å². The Bertz CT molecular complexity index is 365. The van der Waals surface area contributed by atoms with Gasteiger partial charge in [-0.05, 0) is 56.5 Å². The van der Waals surface area contributed by atoms with Gasteiger partial charge in [0.2, 0.25) is 10.0 Å². The van der Waals surface area contributed by atoms with E-state index >= 15 is 0 Å². The Morgan fingerprint density at radius 2 is 2.06 bits per heavy atom. The SMILES string of the molecule is CC(CNCC1CCCN(S(C)(=O)=O)C1)C1CC1. The quantitative estimate of drug-likeness (QED) is 0.794. The first kappa shape index (κ1) is 14.3. The minimum atomic E-state index is -3.00. The summed E-state index contributed by atoms with van der Waals surface area (Å²) in [5.74, 6) is 2.20. The Balaban J connectivity index is 1.69. The summed E-state index contributed by atoms with van der Waals surface area (Å²) >= 11 is 0. The van der Waals surface area contributed by atoms with Crippen molar-refractivity contribution >= 4 is 10.0 Å². The van der Waals surface area contributed by atoms with Crippen molar-refractivity contribution in [2.45, 2.75) is 32.6 Å². The fourth-order valence-corrected chi connectivity index (χ4v) is 3.78. The lowest BCUT2D eigenvalue weighted by Gasteiger charge is -2.31. The highest BCUT2D eigenvalue weighted by molar-refractivity contribution is 7.88. The Labute approximate surface area is 111 Å². The number of nitrogens with zero attached hydrogens (tertiary/aromatic N) is 1. The standard InChI is InChI=1S/C13H26N2O2S/c1-11(13-5-6-13)8-14-9-12-4-3-7-15(10-12)18(2,16)17/h11-14H,3-10H2,1-2H3. The minimum absolute atomic E-state index is 0.486. The van der Waals surface area contributed by atoms with E-state index in [0.29, 0.717) is 19.0 Å². The maximum atomic E-state index is 11.5.